The molecule has 31 heavy (non-hydrogen) atoms. The minimum absolute atomic E-state index is 0.0730. The molecule has 0 unspecified atom stereocenters. The van der Waals surface area contributed by atoms with Gasteiger partial charge >= 0.3 is 0 Å². The first-order chi connectivity index (χ1) is 15.0. The number of nitriles is 1. The molecule has 0 aliphatic carbocycles. The van der Waals surface area contributed by atoms with Crippen molar-refractivity contribution in [3.63, 3.8) is 0 Å². The van der Waals surface area contributed by atoms with Crippen molar-refractivity contribution in [1.29, 1.82) is 5.26 Å². The van der Waals surface area contributed by atoms with Crippen molar-refractivity contribution < 1.29 is 9.18 Å². The first kappa shape index (κ1) is 20.9. The van der Waals surface area contributed by atoms with E-state index in [0.717, 1.165) is 11.3 Å². The summed E-state index contributed by atoms with van der Waals surface area (Å²) < 4.78 is 15.2. The molecule has 1 aromatic heterocycles. The van der Waals surface area contributed by atoms with E-state index in [1.54, 1.807) is 48.5 Å². The van der Waals surface area contributed by atoms with E-state index < -0.39 is 0 Å². The molecule has 4 rings (SSSR count). The summed E-state index contributed by atoms with van der Waals surface area (Å²) in [6.45, 7) is 0. The fourth-order valence-electron chi connectivity index (χ4n) is 2.96. The summed E-state index contributed by atoms with van der Waals surface area (Å²) in [5.74, 6) is -0.229. The van der Waals surface area contributed by atoms with Crippen LogP contribution in [0.4, 0.5) is 4.39 Å². The zero-order valence-corrected chi connectivity index (χ0v) is 17.7. The van der Waals surface area contributed by atoms with Gasteiger partial charge in [-0.2, -0.15) is 5.26 Å². The van der Waals surface area contributed by atoms with Gasteiger partial charge in [0.15, 0.2) is 10.9 Å². The number of imidazole rings is 1. The molecule has 0 fully saturated rings. The maximum Gasteiger partial charge on any atom is 0.173 e. The summed E-state index contributed by atoms with van der Waals surface area (Å²) >= 11 is 7.28. The summed E-state index contributed by atoms with van der Waals surface area (Å²) in [7, 11) is 0. The highest BCUT2D eigenvalue weighted by Crippen LogP contribution is 2.28. The number of hydrogen-bond donors (Lipinski definition) is 0. The molecule has 0 aliphatic rings. The zero-order chi connectivity index (χ0) is 21.8. The molecule has 3 aromatic carbocycles. The van der Waals surface area contributed by atoms with Gasteiger partial charge in [0.25, 0.3) is 0 Å². The molecule has 0 amide bonds. The summed E-state index contributed by atoms with van der Waals surface area (Å²) in [4.78, 5) is 17.3. The topological polar surface area (TPSA) is 58.7 Å². The molecule has 152 valence electrons. The normalized spacial score (nSPS) is 10.6. The fourth-order valence-corrected chi connectivity index (χ4v) is 3.97. The molecule has 4 aromatic rings. The summed E-state index contributed by atoms with van der Waals surface area (Å²) in [6.07, 6.45) is 1.85. The highest BCUT2D eigenvalue weighted by Gasteiger charge is 2.15. The molecule has 1 heterocycles. The van der Waals surface area contributed by atoms with Crippen LogP contribution in [-0.2, 0) is 0 Å². The van der Waals surface area contributed by atoms with Crippen LogP contribution in [0.3, 0.4) is 0 Å². The molecule has 0 radical (unpaired) electrons. The third kappa shape index (κ3) is 4.85. The van der Waals surface area contributed by atoms with Gasteiger partial charge in [-0.3, -0.25) is 9.36 Å². The molecule has 0 saturated carbocycles. The Balaban J connectivity index is 1.62. The van der Waals surface area contributed by atoms with Gasteiger partial charge in [0.2, 0.25) is 0 Å². The quantitative estimate of drug-likeness (QED) is 0.261. The maximum atomic E-state index is 13.4. The monoisotopic (exact) mass is 447 g/mol. The van der Waals surface area contributed by atoms with E-state index in [0.29, 0.717) is 27.0 Å². The number of carbonyl (C=O) groups excluding carboxylic acids is 1. The highest BCUT2D eigenvalue weighted by atomic mass is 35.5. The Bertz CT molecular complexity index is 1260. The van der Waals surface area contributed by atoms with Crippen LogP contribution in [0.1, 0.15) is 15.9 Å². The average Bonchev–Trinajstić information content (AvgIpc) is 3.22. The van der Waals surface area contributed by atoms with Gasteiger partial charge in [0.1, 0.15) is 5.82 Å². The van der Waals surface area contributed by atoms with Crippen LogP contribution >= 0.6 is 23.4 Å². The predicted octanol–water partition coefficient (Wildman–Crippen LogP) is 6.18. The summed E-state index contributed by atoms with van der Waals surface area (Å²) in [5, 5.41) is 10.1. The van der Waals surface area contributed by atoms with Gasteiger partial charge in [-0.05, 0) is 48.5 Å². The van der Waals surface area contributed by atoms with Crippen molar-refractivity contribution in [3.05, 3.63) is 101 Å². The molecular formula is C24H15ClFN3OS. The molecule has 4 nitrogen and oxygen atoms in total. The van der Waals surface area contributed by atoms with Crippen LogP contribution in [0.15, 0.2) is 84.1 Å². The van der Waals surface area contributed by atoms with Crippen LogP contribution in [0.5, 0.6) is 0 Å². The molecule has 0 bridgehead atoms. The van der Waals surface area contributed by atoms with E-state index in [-0.39, 0.29) is 17.4 Å². The Labute approximate surface area is 187 Å². The van der Waals surface area contributed by atoms with Gasteiger partial charge in [-0.25, -0.2) is 9.37 Å². The van der Waals surface area contributed by atoms with E-state index in [4.69, 9.17) is 21.8 Å². The number of Topliss-reactive ketones (excluding diaryl/α,β-unsaturated/α-hetero) is 1. The lowest BCUT2D eigenvalue weighted by Gasteiger charge is -2.07. The molecule has 7 heteroatoms. The zero-order valence-electron chi connectivity index (χ0n) is 16.1. The van der Waals surface area contributed by atoms with E-state index in [2.05, 4.69) is 0 Å². The summed E-state index contributed by atoms with van der Waals surface area (Å²) in [6, 6.07) is 22.0. The number of carbonyl (C=O) groups is 1. The largest absolute Gasteiger partial charge is 0.294 e. The van der Waals surface area contributed by atoms with E-state index >= 15 is 0 Å². The number of hydrogen-bond acceptors (Lipinski definition) is 4. The van der Waals surface area contributed by atoms with Crippen LogP contribution in [0, 0.1) is 17.1 Å². The SMILES string of the molecule is N#Cc1ccc(C(=O)CSc2nc(-c3ccc(Cl)cc3)cn2-c2ccc(F)cc2)cc1. The number of benzene rings is 3. The standard InChI is InChI=1S/C24H15ClFN3OS/c25-19-7-5-17(6-8-19)22-14-29(21-11-9-20(26)10-12-21)24(28-22)31-15-23(30)18-3-1-16(13-27)2-4-18/h1-12,14H,15H2. The third-order valence-electron chi connectivity index (χ3n) is 4.59. The fraction of sp³-hybridized carbons (Fsp3) is 0.0417. The average molecular weight is 448 g/mol. The molecule has 0 spiro atoms. The molecule has 0 saturated heterocycles. The van der Waals surface area contributed by atoms with Gasteiger partial charge in [-0.1, -0.05) is 47.6 Å². The Morgan fingerprint density at radius 2 is 1.71 bits per heavy atom. The Hall–Kier alpha value is -3.40. The highest BCUT2D eigenvalue weighted by molar-refractivity contribution is 7.99. The lowest BCUT2D eigenvalue weighted by Crippen LogP contribution is -2.04. The van der Waals surface area contributed by atoms with Crippen molar-refractivity contribution in [2.45, 2.75) is 5.16 Å². The van der Waals surface area contributed by atoms with Gasteiger partial charge in [-0.15, -0.1) is 0 Å². The lowest BCUT2D eigenvalue weighted by molar-refractivity contribution is 0.102. The van der Waals surface area contributed by atoms with Crippen molar-refractivity contribution in [3.8, 4) is 23.0 Å². The van der Waals surface area contributed by atoms with Gasteiger partial charge in [0.05, 0.1) is 23.1 Å². The van der Waals surface area contributed by atoms with Crippen LogP contribution in [0.2, 0.25) is 5.02 Å². The first-order valence-electron chi connectivity index (χ1n) is 9.31. The minimum Gasteiger partial charge on any atom is -0.294 e. The van der Waals surface area contributed by atoms with E-state index in [1.807, 2.05) is 29.0 Å². The molecule has 0 N–H and O–H groups in total. The maximum absolute atomic E-state index is 13.4. The van der Waals surface area contributed by atoms with E-state index in [9.17, 15) is 9.18 Å². The lowest BCUT2D eigenvalue weighted by atomic mass is 10.1. The number of rotatable bonds is 6. The predicted molar refractivity (Wildman–Crippen MR) is 120 cm³/mol. The Morgan fingerprint density at radius 1 is 1.03 bits per heavy atom. The van der Waals surface area contributed by atoms with Crippen LogP contribution in [-0.4, -0.2) is 21.1 Å². The van der Waals surface area contributed by atoms with Crippen LogP contribution in [0.25, 0.3) is 16.9 Å². The van der Waals surface area contributed by atoms with Crippen molar-refractivity contribution >= 4 is 29.1 Å². The van der Waals surface area contributed by atoms with Crippen molar-refractivity contribution in [1.82, 2.24) is 9.55 Å². The second kappa shape index (κ2) is 9.17. The van der Waals surface area contributed by atoms with Gasteiger partial charge in [0, 0.05) is 28.0 Å². The van der Waals surface area contributed by atoms with Gasteiger partial charge < -0.3 is 0 Å². The van der Waals surface area contributed by atoms with Crippen molar-refractivity contribution in [2.75, 3.05) is 5.75 Å². The second-order valence-corrected chi connectivity index (χ2v) is 8.04. The smallest absolute Gasteiger partial charge is 0.173 e. The van der Waals surface area contributed by atoms with Crippen LogP contribution < -0.4 is 0 Å². The van der Waals surface area contributed by atoms with Crippen molar-refractivity contribution in [2.24, 2.45) is 0 Å². The number of nitrogens with zero attached hydrogens (tertiary/aromatic N) is 3. The third-order valence-corrected chi connectivity index (χ3v) is 5.79. The molecular weight excluding hydrogens is 433 g/mol. The molecule has 0 atom stereocenters. The molecule has 0 aliphatic heterocycles. The Morgan fingerprint density at radius 3 is 2.35 bits per heavy atom. The Kier molecular flexibility index (Phi) is 6.17. The minimum atomic E-state index is -0.327. The second-order valence-electron chi connectivity index (χ2n) is 6.66. The number of halogens is 2. The first-order valence-corrected chi connectivity index (χ1v) is 10.7. The number of aromatic nitrogens is 2. The van der Waals surface area contributed by atoms with E-state index in [1.165, 1.54) is 23.9 Å². The number of thioether (sulfide) groups is 1. The summed E-state index contributed by atoms with van der Waals surface area (Å²) in [5.41, 5.74) is 3.37. The number of ketones is 1.